The fourth-order valence-electron chi connectivity index (χ4n) is 1.95. The zero-order valence-corrected chi connectivity index (χ0v) is 13.5. The van der Waals surface area contributed by atoms with Crippen LogP contribution in [0.15, 0.2) is 16.5 Å². The number of aliphatic hydroxyl groups excluding tert-OH is 1. The van der Waals surface area contributed by atoms with E-state index in [1.165, 1.54) is 0 Å². The number of nitriles is 1. The van der Waals surface area contributed by atoms with Crippen molar-refractivity contribution in [3.8, 4) is 17.5 Å². The first-order valence-corrected chi connectivity index (χ1v) is 7.54. The summed E-state index contributed by atoms with van der Waals surface area (Å²) in [7, 11) is 0. The third-order valence-corrected chi connectivity index (χ3v) is 3.81. The third kappa shape index (κ3) is 3.72. The maximum Gasteiger partial charge on any atom is 0.232 e. The van der Waals surface area contributed by atoms with Gasteiger partial charge in [-0.1, -0.05) is 23.2 Å². The molecule has 0 saturated heterocycles. The number of nitrogens with one attached hydrogen (secondary N) is 1. The lowest BCUT2D eigenvalue weighted by Gasteiger charge is -2.04. The predicted molar refractivity (Wildman–Crippen MR) is 86.2 cm³/mol. The SMILES string of the molecule is Cc1cc(Cl)c(Cl)c(-c2nc(C#N)c(NCCCCO)o2)c1. The van der Waals surface area contributed by atoms with Crippen molar-refractivity contribution >= 4 is 29.1 Å². The molecule has 0 amide bonds. The number of halogens is 2. The summed E-state index contributed by atoms with van der Waals surface area (Å²) < 4.78 is 5.61. The van der Waals surface area contributed by atoms with Gasteiger partial charge in [0.25, 0.3) is 0 Å². The van der Waals surface area contributed by atoms with Crippen molar-refractivity contribution in [2.45, 2.75) is 19.8 Å². The van der Waals surface area contributed by atoms with Gasteiger partial charge < -0.3 is 14.8 Å². The van der Waals surface area contributed by atoms with Crippen LogP contribution in [-0.2, 0) is 0 Å². The van der Waals surface area contributed by atoms with Crippen molar-refractivity contribution in [2.75, 3.05) is 18.5 Å². The average Bonchev–Trinajstić information content (AvgIpc) is 2.90. The minimum atomic E-state index is 0.131. The Morgan fingerprint density at radius 2 is 2.14 bits per heavy atom. The highest BCUT2D eigenvalue weighted by molar-refractivity contribution is 6.43. The summed E-state index contributed by atoms with van der Waals surface area (Å²) in [6.45, 7) is 2.59. The topological polar surface area (TPSA) is 82.1 Å². The molecule has 0 fully saturated rings. The number of unbranched alkanes of at least 4 members (excludes halogenated alkanes) is 1. The molecule has 22 heavy (non-hydrogen) atoms. The Balaban J connectivity index is 2.30. The second-order valence-electron chi connectivity index (χ2n) is 4.77. The first kappa shape index (κ1) is 16.6. The van der Waals surface area contributed by atoms with Gasteiger partial charge in [0.05, 0.1) is 15.6 Å². The molecular weight excluding hydrogens is 325 g/mol. The molecule has 0 bridgehead atoms. The highest BCUT2D eigenvalue weighted by Gasteiger charge is 2.18. The molecule has 0 aliphatic carbocycles. The first-order valence-electron chi connectivity index (χ1n) is 6.78. The van der Waals surface area contributed by atoms with Gasteiger partial charge in [0.2, 0.25) is 17.5 Å². The molecule has 0 atom stereocenters. The number of oxazole rings is 1. The van der Waals surface area contributed by atoms with Crippen molar-refractivity contribution < 1.29 is 9.52 Å². The smallest absolute Gasteiger partial charge is 0.232 e. The molecule has 0 aliphatic rings. The number of aryl methyl sites for hydroxylation is 1. The second-order valence-corrected chi connectivity index (χ2v) is 5.56. The summed E-state index contributed by atoms with van der Waals surface area (Å²) in [6.07, 6.45) is 1.43. The number of nitrogens with zero attached hydrogens (tertiary/aromatic N) is 2. The highest BCUT2D eigenvalue weighted by Crippen LogP contribution is 2.36. The summed E-state index contributed by atoms with van der Waals surface area (Å²) in [4.78, 5) is 4.16. The molecule has 0 unspecified atom stereocenters. The van der Waals surface area contributed by atoms with Crippen molar-refractivity contribution in [1.82, 2.24) is 4.98 Å². The highest BCUT2D eigenvalue weighted by atomic mass is 35.5. The van der Waals surface area contributed by atoms with Gasteiger partial charge in [-0.05, 0) is 37.5 Å². The Labute approximate surface area is 138 Å². The quantitative estimate of drug-likeness (QED) is 0.777. The molecule has 0 saturated carbocycles. The molecule has 1 aromatic heterocycles. The molecule has 0 aliphatic heterocycles. The summed E-state index contributed by atoms with van der Waals surface area (Å²) in [6, 6.07) is 5.53. The zero-order valence-electron chi connectivity index (χ0n) is 12.0. The predicted octanol–water partition coefficient (Wildman–Crippen LogP) is 4.01. The molecule has 5 nitrogen and oxygen atoms in total. The summed E-state index contributed by atoms with van der Waals surface area (Å²) >= 11 is 12.2. The Hall–Kier alpha value is -1.74. The van der Waals surface area contributed by atoms with Gasteiger partial charge in [0.15, 0.2) is 0 Å². The fourth-order valence-corrected chi connectivity index (χ4v) is 2.41. The van der Waals surface area contributed by atoms with E-state index in [2.05, 4.69) is 10.3 Å². The van der Waals surface area contributed by atoms with Gasteiger partial charge in [-0.3, -0.25) is 0 Å². The Morgan fingerprint density at radius 3 is 2.82 bits per heavy atom. The lowest BCUT2D eigenvalue weighted by molar-refractivity contribution is 0.286. The molecule has 2 aromatic rings. The van der Waals surface area contributed by atoms with Crippen LogP contribution in [0.25, 0.3) is 11.5 Å². The lowest BCUT2D eigenvalue weighted by atomic mass is 10.1. The standard InChI is InChI=1S/C15H15Cl2N3O2/c1-9-6-10(13(17)11(16)7-9)14-20-12(8-18)15(22-14)19-4-2-3-5-21/h6-7,19,21H,2-5H2,1H3. The number of aromatic nitrogens is 1. The van der Waals surface area contributed by atoms with Crippen LogP contribution in [0.3, 0.4) is 0 Å². The van der Waals surface area contributed by atoms with Crippen LogP contribution in [0.1, 0.15) is 24.1 Å². The van der Waals surface area contributed by atoms with Gasteiger partial charge in [-0.2, -0.15) is 10.2 Å². The van der Waals surface area contributed by atoms with Crippen LogP contribution in [0.2, 0.25) is 10.0 Å². The van der Waals surface area contributed by atoms with E-state index in [-0.39, 0.29) is 18.2 Å². The maximum absolute atomic E-state index is 9.15. The lowest BCUT2D eigenvalue weighted by Crippen LogP contribution is -2.02. The van der Waals surface area contributed by atoms with Crippen LogP contribution < -0.4 is 5.32 Å². The third-order valence-electron chi connectivity index (χ3n) is 3.01. The van der Waals surface area contributed by atoms with Gasteiger partial charge in [-0.25, -0.2) is 0 Å². The first-order chi connectivity index (χ1) is 10.6. The molecular formula is C15H15Cl2N3O2. The Bertz CT molecular complexity index is 708. The molecule has 7 heteroatoms. The molecule has 1 heterocycles. The van der Waals surface area contributed by atoms with Crippen LogP contribution >= 0.6 is 23.2 Å². The Morgan fingerprint density at radius 1 is 1.36 bits per heavy atom. The maximum atomic E-state index is 9.15. The number of aliphatic hydroxyl groups is 1. The van der Waals surface area contributed by atoms with Crippen LogP contribution in [0.5, 0.6) is 0 Å². The molecule has 116 valence electrons. The molecule has 1 aromatic carbocycles. The van der Waals surface area contributed by atoms with Crippen LogP contribution in [0.4, 0.5) is 5.88 Å². The van der Waals surface area contributed by atoms with E-state index in [1.807, 2.05) is 13.0 Å². The van der Waals surface area contributed by atoms with E-state index in [0.717, 1.165) is 12.0 Å². The van der Waals surface area contributed by atoms with Crippen molar-refractivity contribution in [2.24, 2.45) is 0 Å². The zero-order chi connectivity index (χ0) is 16.1. The number of benzene rings is 1. The van der Waals surface area contributed by atoms with E-state index in [0.29, 0.717) is 34.5 Å². The van der Waals surface area contributed by atoms with Gasteiger partial charge in [-0.15, -0.1) is 0 Å². The van der Waals surface area contributed by atoms with E-state index >= 15 is 0 Å². The van der Waals surface area contributed by atoms with Crippen molar-refractivity contribution in [3.63, 3.8) is 0 Å². The van der Waals surface area contributed by atoms with Crippen LogP contribution in [-0.4, -0.2) is 23.2 Å². The minimum absolute atomic E-state index is 0.131. The van der Waals surface area contributed by atoms with Crippen molar-refractivity contribution in [3.05, 3.63) is 33.4 Å². The number of hydrogen-bond donors (Lipinski definition) is 2. The van der Waals surface area contributed by atoms with Gasteiger partial charge in [0, 0.05) is 13.2 Å². The van der Waals surface area contributed by atoms with Crippen molar-refractivity contribution in [1.29, 1.82) is 5.26 Å². The van der Waals surface area contributed by atoms with Crippen LogP contribution in [0, 0.1) is 18.3 Å². The minimum Gasteiger partial charge on any atom is -0.419 e. The second kappa shape index (κ2) is 7.50. The van der Waals surface area contributed by atoms with E-state index in [1.54, 1.807) is 12.1 Å². The molecule has 2 rings (SSSR count). The largest absolute Gasteiger partial charge is 0.419 e. The monoisotopic (exact) mass is 339 g/mol. The number of rotatable bonds is 6. The number of anilines is 1. The normalized spacial score (nSPS) is 10.5. The van der Waals surface area contributed by atoms with E-state index < -0.39 is 0 Å². The average molecular weight is 340 g/mol. The summed E-state index contributed by atoms with van der Waals surface area (Å²) in [5.41, 5.74) is 1.62. The van der Waals surface area contributed by atoms with E-state index in [9.17, 15) is 0 Å². The van der Waals surface area contributed by atoms with E-state index in [4.69, 9.17) is 38.0 Å². The summed E-state index contributed by atoms with van der Waals surface area (Å²) in [5, 5.41) is 21.6. The Kier molecular flexibility index (Phi) is 5.67. The van der Waals surface area contributed by atoms with Gasteiger partial charge >= 0.3 is 0 Å². The molecule has 0 spiro atoms. The molecule has 2 N–H and O–H groups in total. The fraction of sp³-hybridized carbons (Fsp3) is 0.333. The van der Waals surface area contributed by atoms with Gasteiger partial charge in [0.1, 0.15) is 6.07 Å². The molecule has 0 radical (unpaired) electrons. The summed E-state index contributed by atoms with van der Waals surface area (Å²) in [5.74, 6) is 0.543. The number of hydrogen-bond acceptors (Lipinski definition) is 5.